The van der Waals surface area contributed by atoms with Crippen LogP contribution in [0.3, 0.4) is 0 Å². The summed E-state index contributed by atoms with van der Waals surface area (Å²) in [6.07, 6.45) is 12.2. The van der Waals surface area contributed by atoms with Gasteiger partial charge in [-0.1, -0.05) is 59.3 Å². The van der Waals surface area contributed by atoms with Crippen molar-refractivity contribution >= 4 is 5.91 Å². The first-order valence-electron chi connectivity index (χ1n) is 9.01. The van der Waals surface area contributed by atoms with Gasteiger partial charge in [-0.25, -0.2) is 0 Å². The van der Waals surface area contributed by atoms with Gasteiger partial charge in [0.1, 0.15) is 0 Å². The van der Waals surface area contributed by atoms with Gasteiger partial charge >= 0.3 is 0 Å². The molecule has 1 aliphatic carbocycles. The van der Waals surface area contributed by atoms with Gasteiger partial charge < -0.3 is 4.90 Å². The Morgan fingerprint density at radius 1 is 1.10 bits per heavy atom. The quantitative estimate of drug-likeness (QED) is 0.550. The van der Waals surface area contributed by atoms with Gasteiger partial charge in [0, 0.05) is 19.0 Å². The lowest BCUT2D eigenvalue weighted by Gasteiger charge is -2.29. The van der Waals surface area contributed by atoms with Crippen LogP contribution in [0.1, 0.15) is 85.0 Å². The van der Waals surface area contributed by atoms with Crippen LogP contribution in [-0.2, 0) is 4.79 Å². The Morgan fingerprint density at radius 3 is 2.30 bits per heavy atom. The minimum absolute atomic E-state index is 0.343. The molecule has 1 amide bonds. The van der Waals surface area contributed by atoms with E-state index < -0.39 is 0 Å². The Hall–Kier alpha value is -0.530. The number of hydrogen-bond donors (Lipinski definition) is 0. The molecule has 1 saturated carbocycles. The summed E-state index contributed by atoms with van der Waals surface area (Å²) in [5, 5.41) is 0. The Morgan fingerprint density at radius 2 is 1.75 bits per heavy atom. The lowest BCUT2D eigenvalue weighted by Crippen LogP contribution is -2.39. The maximum Gasteiger partial charge on any atom is 0.225 e. The van der Waals surface area contributed by atoms with Crippen molar-refractivity contribution in [1.82, 2.24) is 4.90 Å². The molecule has 0 spiro atoms. The van der Waals surface area contributed by atoms with Crippen molar-refractivity contribution in [2.45, 2.75) is 85.0 Å². The molecule has 0 bridgehead atoms. The average molecular weight is 281 g/mol. The lowest BCUT2D eigenvalue weighted by atomic mass is 9.97. The molecule has 0 N–H and O–H groups in total. The summed E-state index contributed by atoms with van der Waals surface area (Å²) in [6, 6.07) is 0. The van der Waals surface area contributed by atoms with E-state index in [-0.39, 0.29) is 0 Å². The molecule has 20 heavy (non-hydrogen) atoms. The van der Waals surface area contributed by atoms with Crippen LogP contribution in [-0.4, -0.2) is 23.9 Å². The van der Waals surface area contributed by atoms with Gasteiger partial charge in [-0.3, -0.25) is 4.79 Å². The largest absolute Gasteiger partial charge is 0.342 e. The summed E-state index contributed by atoms with van der Waals surface area (Å²) >= 11 is 0. The molecule has 0 aromatic carbocycles. The minimum Gasteiger partial charge on any atom is -0.342 e. The Labute approximate surface area is 126 Å². The van der Waals surface area contributed by atoms with E-state index in [0.29, 0.717) is 17.7 Å². The molecule has 1 rings (SSSR count). The SMILES string of the molecule is CCCCC(CC)CN(CCCC)C(=O)C1CCCC1. The lowest BCUT2D eigenvalue weighted by molar-refractivity contribution is -0.136. The van der Waals surface area contributed by atoms with Gasteiger partial charge in [0.25, 0.3) is 0 Å². The first-order valence-corrected chi connectivity index (χ1v) is 9.01. The van der Waals surface area contributed by atoms with Crippen molar-refractivity contribution < 1.29 is 4.79 Å². The Bertz CT molecular complexity index is 258. The highest BCUT2D eigenvalue weighted by molar-refractivity contribution is 5.79. The number of carbonyl (C=O) groups is 1. The molecule has 2 heteroatoms. The van der Waals surface area contributed by atoms with E-state index >= 15 is 0 Å². The zero-order chi connectivity index (χ0) is 14.8. The van der Waals surface area contributed by atoms with E-state index in [2.05, 4.69) is 25.7 Å². The third kappa shape index (κ3) is 5.85. The number of carbonyl (C=O) groups excluding carboxylic acids is 1. The second-order valence-electron chi connectivity index (χ2n) is 6.54. The van der Waals surface area contributed by atoms with Crippen molar-refractivity contribution in [3.63, 3.8) is 0 Å². The van der Waals surface area contributed by atoms with Crippen LogP contribution in [0.2, 0.25) is 0 Å². The third-order valence-corrected chi connectivity index (χ3v) is 4.82. The third-order valence-electron chi connectivity index (χ3n) is 4.82. The highest BCUT2D eigenvalue weighted by Crippen LogP contribution is 2.27. The topological polar surface area (TPSA) is 20.3 Å². The maximum absolute atomic E-state index is 12.7. The number of nitrogens with zero attached hydrogens (tertiary/aromatic N) is 1. The minimum atomic E-state index is 0.343. The Balaban J connectivity index is 2.54. The van der Waals surface area contributed by atoms with Crippen LogP contribution in [0, 0.1) is 11.8 Å². The maximum atomic E-state index is 12.7. The smallest absolute Gasteiger partial charge is 0.225 e. The molecular weight excluding hydrogens is 246 g/mol. The summed E-state index contributed by atoms with van der Waals surface area (Å²) in [6.45, 7) is 8.73. The molecule has 118 valence electrons. The highest BCUT2D eigenvalue weighted by Gasteiger charge is 2.27. The van der Waals surface area contributed by atoms with Crippen molar-refractivity contribution in [2.24, 2.45) is 11.8 Å². The normalized spacial score (nSPS) is 17.4. The number of unbranched alkanes of at least 4 members (excludes halogenated alkanes) is 2. The van der Waals surface area contributed by atoms with Gasteiger partial charge in [-0.2, -0.15) is 0 Å². The van der Waals surface area contributed by atoms with Crippen LogP contribution in [0.4, 0.5) is 0 Å². The van der Waals surface area contributed by atoms with Crippen LogP contribution < -0.4 is 0 Å². The molecule has 0 radical (unpaired) electrons. The van der Waals surface area contributed by atoms with Crippen molar-refractivity contribution in [1.29, 1.82) is 0 Å². The van der Waals surface area contributed by atoms with E-state index in [1.807, 2.05) is 0 Å². The van der Waals surface area contributed by atoms with Gasteiger partial charge in [0.15, 0.2) is 0 Å². The molecule has 1 aliphatic rings. The Kier molecular flexibility index (Phi) is 8.97. The van der Waals surface area contributed by atoms with Crippen LogP contribution in [0.25, 0.3) is 0 Å². The van der Waals surface area contributed by atoms with E-state index in [9.17, 15) is 4.79 Å². The first kappa shape index (κ1) is 17.5. The average Bonchev–Trinajstić information content (AvgIpc) is 3.00. The second-order valence-corrected chi connectivity index (χ2v) is 6.54. The first-order chi connectivity index (χ1) is 9.72. The number of amides is 1. The molecule has 0 heterocycles. The molecule has 1 fully saturated rings. The van der Waals surface area contributed by atoms with Gasteiger partial charge in [0.05, 0.1) is 0 Å². The van der Waals surface area contributed by atoms with Gasteiger partial charge in [-0.05, 0) is 31.6 Å². The summed E-state index contributed by atoms with van der Waals surface area (Å²) in [5.74, 6) is 1.51. The predicted octanol–water partition coefficient (Wildman–Crippen LogP) is 5.02. The molecule has 0 saturated heterocycles. The fourth-order valence-corrected chi connectivity index (χ4v) is 3.30. The molecule has 1 atom stereocenters. The molecular formula is C18H35NO. The summed E-state index contributed by atoms with van der Waals surface area (Å²) < 4.78 is 0. The van der Waals surface area contributed by atoms with E-state index in [4.69, 9.17) is 0 Å². The van der Waals surface area contributed by atoms with Gasteiger partial charge in [0.2, 0.25) is 5.91 Å². The standard InChI is InChI=1S/C18H35NO/c1-4-7-11-16(6-3)15-19(14-8-5-2)18(20)17-12-9-10-13-17/h16-17H,4-15H2,1-3H3. The van der Waals surface area contributed by atoms with E-state index in [1.54, 1.807) is 0 Å². The number of hydrogen-bond acceptors (Lipinski definition) is 1. The molecule has 2 nitrogen and oxygen atoms in total. The monoisotopic (exact) mass is 281 g/mol. The fourth-order valence-electron chi connectivity index (χ4n) is 3.30. The van der Waals surface area contributed by atoms with Crippen LogP contribution in [0.5, 0.6) is 0 Å². The molecule has 0 aromatic heterocycles. The highest BCUT2D eigenvalue weighted by atomic mass is 16.2. The zero-order valence-corrected chi connectivity index (χ0v) is 14.0. The van der Waals surface area contributed by atoms with Crippen LogP contribution in [0.15, 0.2) is 0 Å². The van der Waals surface area contributed by atoms with Gasteiger partial charge in [-0.15, -0.1) is 0 Å². The zero-order valence-electron chi connectivity index (χ0n) is 14.0. The fraction of sp³-hybridized carbons (Fsp3) is 0.944. The molecule has 0 aromatic rings. The second kappa shape index (κ2) is 10.2. The summed E-state index contributed by atoms with van der Waals surface area (Å²) in [7, 11) is 0. The van der Waals surface area contributed by atoms with Crippen molar-refractivity contribution in [3.05, 3.63) is 0 Å². The predicted molar refractivity (Wildman–Crippen MR) is 86.8 cm³/mol. The summed E-state index contributed by atoms with van der Waals surface area (Å²) in [4.78, 5) is 14.9. The molecule has 1 unspecified atom stereocenters. The van der Waals surface area contributed by atoms with E-state index in [1.165, 1.54) is 44.9 Å². The number of rotatable bonds is 10. The van der Waals surface area contributed by atoms with Crippen molar-refractivity contribution in [2.75, 3.05) is 13.1 Å². The molecule has 0 aliphatic heterocycles. The van der Waals surface area contributed by atoms with Crippen molar-refractivity contribution in [3.8, 4) is 0 Å². The van der Waals surface area contributed by atoms with Crippen LogP contribution >= 0.6 is 0 Å². The van der Waals surface area contributed by atoms with E-state index in [0.717, 1.165) is 32.4 Å². The summed E-state index contributed by atoms with van der Waals surface area (Å²) in [5.41, 5.74) is 0.